The molecule has 3 aromatic rings. The molecule has 3 rings (SSSR count). The Labute approximate surface area is 256 Å². The van der Waals surface area contributed by atoms with Crippen LogP contribution in [0.5, 0.6) is 11.5 Å². The third kappa shape index (κ3) is 14.2. The van der Waals surface area contributed by atoms with Gasteiger partial charge >= 0.3 is 5.97 Å². The van der Waals surface area contributed by atoms with E-state index in [1.54, 1.807) is 36.4 Å². The van der Waals surface area contributed by atoms with Crippen LogP contribution in [0.4, 0.5) is 4.39 Å². The lowest BCUT2D eigenvalue weighted by Gasteiger charge is -2.07. The molecule has 0 saturated carbocycles. The molecule has 0 radical (unpaired) electrons. The van der Waals surface area contributed by atoms with E-state index < -0.39 is 5.97 Å². The summed E-state index contributed by atoms with van der Waals surface area (Å²) in [6, 6.07) is 19.9. The van der Waals surface area contributed by atoms with E-state index in [-0.39, 0.29) is 11.6 Å². The van der Waals surface area contributed by atoms with Crippen LogP contribution in [0.2, 0.25) is 0 Å². The van der Waals surface area contributed by atoms with Crippen LogP contribution in [0, 0.1) is 5.82 Å². The molecule has 0 aliphatic carbocycles. The molecule has 0 unspecified atom stereocenters. The fraction of sp³-hybridized carbons (Fsp3) is 0.368. The Morgan fingerprint density at radius 1 is 0.605 bits per heavy atom. The summed E-state index contributed by atoms with van der Waals surface area (Å²) < 4.78 is 24.3. The lowest BCUT2D eigenvalue weighted by atomic mass is 10.1. The molecule has 0 fully saturated rings. The molecule has 3 aromatic carbocycles. The van der Waals surface area contributed by atoms with Gasteiger partial charge in [0, 0.05) is 11.6 Å². The lowest BCUT2D eigenvalue weighted by molar-refractivity contribution is -0.128. The van der Waals surface area contributed by atoms with Gasteiger partial charge in [-0.3, -0.25) is 4.79 Å². The highest BCUT2D eigenvalue weighted by molar-refractivity contribution is 6.06. The fourth-order valence-electron chi connectivity index (χ4n) is 4.65. The van der Waals surface area contributed by atoms with Crippen molar-refractivity contribution in [2.75, 3.05) is 6.61 Å². The smallest absolute Gasteiger partial charge is 0.336 e. The molecule has 5 heteroatoms. The van der Waals surface area contributed by atoms with Crippen LogP contribution in [-0.2, 0) is 4.79 Å². The largest absolute Gasteiger partial charge is 0.494 e. The van der Waals surface area contributed by atoms with Crippen LogP contribution >= 0.6 is 0 Å². The number of hydrogen-bond acceptors (Lipinski definition) is 4. The zero-order valence-corrected chi connectivity index (χ0v) is 25.4. The van der Waals surface area contributed by atoms with Crippen molar-refractivity contribution in [3.63, 3.8) is 0 Å². The molecular weight excluding hydrogens is 539 g/mol. The highest BCUT2D eigenvalue weighted by Crippen LogP contribution is 2.17. The SMILES string of the molecule is CCCCCCCCCCCCCCOc1ccc(/C=C/C(=O)Oc2ccc(/C=C/C(=O)c3ccc(F)cc3)cc2)cc1. The summed E-state index contributed by atoms with van der Waals surface area (Å²) in [5.41, 5.74) is 2.06. The van der Waals surface area contributed by atoms with Gasteiger partial charge in [0.1, 0.15) is 17.3 Å². The second-order valence-electron chi connectivity index (χ2n) is 10.8. The van der Waals surface area contributed by atoms with Gasteiger partial charge in [0.2, 0.25) is 0 Å². The molecule has 228 valence electrons. The van der Waals surface area contributed by atoms with Crippen molar-refractivity contribution in [3.05, 3.63) is 107 Å². The topological polar surface area (TPSA) is 52.6 Å². The Balaban J connectivity index is 1.28. The molecule has 0 atom stereocenters. The Morgan fingerprint density at radius 3 is 1.65 bits per heavy atom. The minimum Gasteiger partial charge on any atom is -0.494 e. The normalized spacial score (nSPS) is 11.3. The average Bonchev–Trinajstić information content (AvgIpc) is 3.02. The van der Waals surface area contributed by atoms with E-state index in [0.717, 1.165) is 29.9 Å². The first kappa shape index (κ1) is 33.5. The van der Waals surface area contributed by atoms with Gasteiger partial charge in [0.05, 0.1) is 6.61 Å². The Morgan fingerprint density at radius 2 is 1.09 bits per heavy atom. The molecule has 0 saturated heterocycles. The number of unbranched alkanes of at least 4 members (excludes halogenated alkanes) is 11. The zero-order valence-electron chi connectivity index (χ0n) is 25.4. The average molecular weight is 585 g/mol. The second-order valence-corrected chi connectivity index (χ2v) is 10.8. The summed E-state index contributed by atoms with van der Waals surface area (Å²) in [7, 11) is 0. The highest BCUT2D eigenvalue weighted by atomic mass is 19.1. The molecule has 0 aromatic heterocycles. The number of ketones is 1. The number of rotatable bonds is 20. The molecule has 43 heavy (non-hydrogen) atoms. The van der Waals surface area contributed by atoms with E-state index >= 15 is 0 Å². The number of benzene rings is 3. The number of carbonyl (C=O) groups is 2. The van der Waals surface area contributed by atoms with Crippen LogP contribution in [0.1, 0.15) is 105 Å². The maximum Gasteiger partial charge on any atom is 0.336 e. The van der Waals surface area contributed by atoms with Crippen molar-refractivity contribution in [1.29, 1.82) is 0 Å². The van der Waals surface area contributed by atoms with Gasteiger partial charge in [-0.15, -0.1) is 0 Å². The van der Waals surface area contributed by atoms with Gasteiger partial charge in [-0.1, -0.05) is 108 Å². The fourth-order valence-corrected chi connectivity index (χ4v) is 4.65. The standard InChI is InChI=1S/C38H45FO4/c1-2-3-4-5-6-7-8-9-10-11-12-13-30-42-35-24-14-32(15-25-35)19-29-38(41)43-36-26-16-31(17-27-36)18-28-37(40)33-20-22-34(39)23-21-33/h14-29H,2-13,30H2,1H3/b28-18+,29-19+. The van der Waals surface area contributed by atoms with Crippen LogP contribution in [0.15, 0.2) is 84.9 Å². The van der Waals surface area contributed by atoms with Crippen molar-refractivity contribution in [1.82, 2.24) is 0 Å². The maximum absolute atomic E-state index is 13.0. The predicted molar refractivity (Wildman–Crippen MR) is 174 cm³/mol. The number of allylic oxidation sites excluding steroid dienone is 1. The third-order valence-electron chi connectivity index (χ3n) is 7.21. The molecule has 0 N–H and O–H groups in total. The van der Waals surface area contributed by atoms with Gasteiger partial charge in [-0.2, -0.15) is 0 Å². The van der Waals surface area contributed by atoms with Crippen LogP contribution in [0.3, 0.4) is 0 Å². The minimum absolute atomic E-state index is 0.222. The number of carbonyl (C=O) groups excluding carboxylic acids is 2. The minimum atomic E-state index is -0.484. The molecule has 0 heterocycles. The Hall–Kier alpha value is -3.99. The van der Waals surface area contributed by atoms with E-state index in [0.29, 0.717) is 11.3 Å². The maximum atomic E-state index is 13.0. The first-order chi connectivity index (χ1) is 21.0. The van der Waals surface area contributed by atoms with E-state index in [1.165, 1.54) is 107 Å². The molecular formula is C38H45FO4. The van der Waals surface area contributed by atoms with Crippen molar-refractivity contribution < 1.29 is 23.5 Å². The molecule has 0 aliphatic rings. The first-order valence-corrected chi connectivity index (χ1v) is 15.7. The molecule has 4 nitrogen and oxygen atoms in total. The van der Waals surface area contributed by atoms with Crippen molar-refractivity contribution >= 4 is 23.9 Å². The van der Waals surface area contributed by atoms with E-state index in [9.17, 15) is 14.0 Å². The number of ether oxygens (including phenoxy) is 2. The van der Waals surface area contributed by atoms with Gasteiger partial charge in [0.15, 0.2) is 5.78 Å². The molecule has 0 spiro atoms. The molecule has 0 bridgehead atoms. The predicted octanol–water partition coefficient (Wildman–Crippen LogP) is 10.4. The molecule has 0 aliphatic heterocycles. The molecule has 0 amide bonds. The highest BCUT2D eigenvalue weighted by Gasteiger charge is 2.03. The summed E-state index contributed by atoms with van der Waals surface area (Å²) in [5, 5.41) is 0. The summed E-state index contributed by atoms with van der Waals surface area (Å²) in [6.45, 7) is 2.98. The summed E-state index contributed by atoms with van der Waals surface area (Å²) in [6.07, 6.45) is 22.1. The number of esters is 1. The second kappa shape index (κ2) is 20.0. The van der Waals surface area contributed by atoms with E-state index in [4.69, 9.17) is 9.47 Å². The summed E-state index contributed by atoms with van der Waals surface area (Å²) in [5.74, 6) is 0.139. The van der Waals surface area contributed by atoms with E-state index in [2.05, 4.69) is 6.92 Å². The van der Waals surface area contributed by atoms with Gasteiger partial charge in [0.25, 0.3) is 0 Å². The van der Waals surface area contributed by atoms with Crippen LogP contribution < -0.4 is 9.47 Å². The number of halogens is 1. The van der Waals surface area contributed by atoms with Crippen molar-refractivity contribution in [3.8, 4) is 11.5 Å². The third-order valence-corrected chi connectivity index (χ3v) is 7.21. The van der Waals surface area contributed by atoms with Crippen LogP contribution in [0.25, 0.3) is 12.2 Å². The van der Waals surface area contributed by atoms with E-state index in [1.807, 2.05) is 24.3 Å². The van der Waals surface area contributed by atoms with Gasteiger partial charge in [-0.05, 0) is 78.2 Å². The zero-order chi connectivity index (χ0) is 30.5. The monoisotopic (exact) mass is 584 g/mol. The van der Waals surface area contributed by atoms with Gasteiger partial charge in [-0.25, -0.2) is 9.18 Å². The van der Waals surface area contributed by atoms with Gasteiger partial charge < -0.3 is 9.47 Å². The Bertz CT molecular complexity index is 1280. The summed E-state index contributed by atoms with van der Waals surface area (Å²) >= 11 is 0. The first-order valence-electron chi connectivity index (χ1n) is 15.7. The lowest BCUT2D eigenvalue weighted by Crippen LogP contribution is -2.03. The summed E-state index contributed by atoms with van der Waals surface area (Å²) in [4.78, 5) is 24.5. The quantitative estimate of drug-likeness (QED) is 0.0436. The Kier molecular flexibility index (Phi) is 15.6. The van der Waals surface area contributed by atoms with Crippen molar-refractivity contribution in [2.45, 2.75) is 84.0 Å². The van der Waals surface area contributed by atoms with Crippen LogP contribution in [-0.4, -0.2) is 18.4 Å². The number of hydrogen-bond donors (Lipinski definition) is 0. The van der Waals surface area contributed by atoms with Crippen molar-refractivity contribution in [2.24, 2.45) is 0 Å².